The Kier molecular flexibility index (Phi) is 8.46. The molecule has 0 aromatic heterocycles. The minimum atomic E-state index is -4.68. The molecule has 33 heavy (non-hydrogen) atoms. The average molecular weight is 589 g/mol. The number of rotatable bonds is 6. The van der Waals surface area contributed by atoms with Crippen LogP contribution in [0.15, 0.2) is 67.4 Å². The number of nitrogens with two attached hydrogens (primary N) is 1. The van der Waals surface area contributed by atoms with Crippen molar-refractivity contribution in [1.82, 2.24) is 0 Å². The van der Waals surface area contributed by atoms with E-state index in [4.69, 9.17) is 5.73 Å². The molecule has 12 nitrogen and oxygen atoms in total. The second kappa shape index (κ2) is 10.2. The number of nitrogen functional groups attached to an aromatic ring is 1. The molecule has 3 aromatic carbocycles. The zero-order valence-electron chi connectivity index (χ0n) is 16.6. The van der Waals surface area contributed by atoms with Crippen molar-refractivity contribution in [2.75, 3.05) is 12.8 Å². The SMILES string of the molecule is COS(=O)(=O)c1cc2cc(S(=O)(=O)O)cc(N)c2c(O)c1N=Nc1ccc(S(=O)[O-])cc1.[Y]. The Balaban J connectivity index is 0.00000385. The number of anilines is 1. The maximum Gasteiger partial charge on any atom is 0.299 e. The van der Waals surface area contributed by atoms with Crippen LogP contribution in [0.4, 0.5) is 17.1 Å². The zero-order chi connectivity index (χ0) is 23.8. The molecule has 3 rings (SSSR count). The molecule has 0 saturated heterocycles. The van der Waals surface area contributed by atoms with Crippen LogP contribution in [0.25, 0.3) is 10.8 Å². The fraction of sp³-hybridized carbons (Fsp3) is 0.0588. The van der Waals surface area contributed by atoms with Gasteiger partial charge in [-0.3, -0.25) is 12.9 Å². The van der Waals surface area contributed by atoms with Gasteiger partial charge >= 0.3 is 0 Å². The van der Waals surface area contributed by atoms with Crippen molar-refractivity contribution < 1.29 is 72.1 Å². The summed E-state index contributed by atoms with van der Waals surface area (Å²) >= 11 is -2.46. The standard InChI is InChI=1S/C17H15N3O9S3.Y/c1-29-32(27,28)14-7-9-6-12(31(24,25)26)8-13(18)15(9)17(21)16(14)20-19-10-2-4-11(5-3-10)30(22)23;/h2-8,21H,18H2,1H3,(H,22,23)(H,24,25,26);/p-1. The van der Waals surface area contributed by atoms with Gasteiger partial charge in [0.15, 0.2) is 5.75 Å². The molecule has 4 N–H and O–H groups in total. The molecule has 0 aliphatic heterocycles. The Morgan fingerprint density at radius 3 is 2.18 bits per heavy atom. The molecule has 1 unspecified atom stereocenters. The number of aromatic hydroxyl groups is 1. The molecule has 0 aliphatic carbocycles. The van der Waals surface area contributed by atoms with Gasteiger partial charge in [-0.1, -0.05) is 0 Å². The monoisotopic (exact) mass is 589 g/mol. The minimum absolute atomic E-state index is 0. The van der Waals surface area contributed by atoms with Gasteiger partial charge in [-0.15, -0.1) is 5.11 Å². The van der Waals surface area contributed by atoms with Gasteiger partial charge in [0.2, 0.25) is 0 Å². The van der Waals surface area contributed by atoms with E-state index in [0.717, 1.165) is 25.3 Å². The van der Waals surface area contributed by atoms with Gasteiger partial charge in [0.1, 0.15) is 10.6 Å². The van der Waals surface area contributed by atoms with E-state index >= 15 is 0 Å². The van der Waals surface area contributed by atoms with E-state index in [2.05, 4.69) is 14.4 Å². The number of fused-ring (bicyclic) bond motifs is 1. The summed E-state index contributed by atoms with van der Waals surface area (Å²) in [5, 5.41) is 18.0. The third-order valence-electron chi connectivity index (χ3n) is 4.24. The summed E-state index contributed by atoms with van der Waals surface area (Å²) in [6.07, 6.45) is 0. The van der Waals surface area contributed by atoms with Gasteiger partial charge in [0, 0.05) is 48.7 Å². The number of nitrogens with zero attached hydrogens (tertiary/aromatic N) is 2. The third-order valence-corrected chi connectivity index (χ3v) is 7.01. The molecule has 0 fully saturated rings. The molecular formula is C17H14N3O9S3Y-. The summed E-state index contributed by atoms with van der Waals surface area (Å²) in [4.78, 5) is -1.28. The van der Waals surface area contributed by atoms with Gasteiger partial charge in [0.25, 0.3) is 20.2 Å². The summed E-state index contributed by atoms with van der Waals surface area (Å²) in [6.45, 7) is 0. The predicted octanol–water partition coefficient (Wildman–Crippen LogP) is 2.36. The molecule has 0 spiro atoms. The summed E-state index contributed by atoms with van der Waals surface area (Å²) in [6, 6.07) is 7.81. The number of benzene rings is 3. The van der Waals surface area contributed by atoms with Crippen LogP contribution in [-0.2, 0) is 68.2 Å². The quantitative estimate of drug-likeness (QED) is 0.126. The van der Waals surface area contributed by atoms with Crippen LogP contribution in [0.1, 0.15) is 0 Å². The fourth-order valence-electron chi connectivity index (χ4n) is 2.75. The first-order valence-corrected chi connectivity index (χ1v) is 12.3. The second-order valence-electron chi connectivity index (χ2n) is 6.21. The molecule has 0 bridgehead atoms. The minimum Gasteiger partial charge on any atom is -0.768 e. The van der Waals surface area contributed by atoms with Crippen molar-refractivity contribution in [2.24, 2.45) is 10.2 Å². The van der Waals surface area contributed by atoms with E-state index in [0.29, 0.717) is 0 Å². The van der Waals surface area contributed by atoms with Crippen molar-refractivity contribution in [3.63, 3.8) is 0 Å². The number of phenols is 1. The molecule has 173 valence electrons. The number of phenolic OH excluding ortho intramolecular Hbond substituents is 1. The summed E-state index contributed by atoms with van der Waals surface area (Å²) in [7, 11) is -8.29. The molecule has 0 aliphatic rings. The van der Waals surface area contributed by atoms with Crippen LogP contribution >= 0.6 is 0 Å². The molecule has 1 atom stereocenters. The van der Waals surface area contributed by atoms with Gasteiger partial charge in [-0.05, 0) is 58.9 Å². The predicted molar refractivity (Wildman–Crippen MR) is 112 cm³/mol. The second-order valence-corrected chi connectivity index (χ2v) is 10.3. The molecule has 16 heteroatoms. The summed E-state index contributed by atoms with van der Waals surface area (Å²) in [5.41, 5.74) is 5.12. The molecule has 0 heterocycles. The van der Waals surface area contributed by atoms with Crippen molar-refractivity contribution in [3.8, 4) is 5.75 Å². The fourth-order valence-corrected chi connectivity index (χ4v) is 4.48. The molecular weight excluding hydrogens is 575 g/mol. The van der Waals surface area contributed by atoms with Gasteiger partial charge in [-0.2, -0.15) is 21.9 Å². The Morgan fingerprint density at radius 2 is 1.67 bits per heavy atom. The first-order valence-electron chi connectivity index (χ1n) is 8.33. The maximum absolute atomic E-state index is 12.4. The number of hydrogen-bond acceptors (Lipinski definition) is 11. The zero-order valence-corrected chi connectivity index (χ0v) is 21.9. The van der Waals surface area contributed by atoms with Gasteiger partial charge in [-0.25, -0.2) is 0 Å². The van der Waals surface area contributed by atoms with Gasteiger partial charge < -0.3 is 15.4 Å². The first-order chi connectivity index (χ1) is 14.8. The summed E-state index contributed by atoms with van der Waals surface area (Å²) < 4.78 is 83.4. The van der Waals surface area contributed by atoms with Crippen LogP contribution in [0, 0.1) is 0 Å². The first kappa shape index (κ1) is 27.4. The van der Waals surface area contributed by atoms with E-state index in [-0.39, 0.29) is 59.8 Å². The van der Waals surface area contributed by atoms with Crippen LogP contribution in [0.3, 0.4) is 0 Å². The van der Waals surface area contributed by atoms with E-state index in [1.807, 2.05) is 0 Å². The topological polar surface area (TPSA) is 209 Å². The largest absolute Gasteiger partial charge is 0.768 e. The van der Waals surface area contributed by atoms with Crippen molar-refractivity contribution in [2.45, 2.75) is 14.7 Å². The number of hydrogen-bond donors (Lipinski definition) is 3. The Bertz CT molecular complexity index is 1490. The maximum atomic E-state index is 12.4. The Labute approximate surface area is 215 Å². The number of azo groups is 1. The van der Waals surface area contributed by atoms with Crippen LogP contribution < -0.4 is 5.73 Å². The molecule has 0 saturated carbocycles. The average Bonchev–Trinajstić information content (AvgIpc) is 2.72. The van der Waals surface area contributed by atoms with E-state index in [1.54, 1.807) is 0 Å². The normalized spacial score (nSPS) is 13.2. The van der Waals surface area contributed by atoms with Crippen LogP contribution in [0.2, 0.25) is 0 Å². The van der Waals surface area contributed by atoms with Crippen LogP contribution in [0.5, 0.6) is 5.75 Å². The summed E-state index contributed by atoms with van der Waals surface area (Å²) in [5.74, 6) is -0.737. The molecule has 0 amide bonds. The van der Waals surface area contributed by atoms with Crippen molar-refractivity contribution in [3.05, 3.63) is 42.5 Å². The van der Waals surface area contributed by atoms with E-state index < -0.39 is 52.5 Å². The smallest absolute Gasteiger partial charge is 0.299 e. The van der Waals surface area contributed by atoms with E-state index in [1.165, 1.54) is 24.3 Å². The van der Waals surface area contributed by atoms with Crippen LogP contribution in [-0.4, -0.2) is 42.4 Å². The Morgan fingerprint density at radius 1 is 1.06 bits per heavy atom. The van der Waals surface area contributed by atoms with Crippen molar-refractivity contribution >= 4 is 59.2 Å². The molecule has 1 radical (unpaired) electrons. The van der Waals surface area contributed by atoms with Crippen molar-refractivity contribution in [1.29, 1.82) is 0 Å². The van der Waals surface area contributed by atoms with Gasteiger partial charge in [0.05, 0.1) is 17.7 Å². The third kappa shape index (κ3) is 5.81. The Hall–Kier alpha value is -1.85. The molecule has 3 aromatic rings. The van der Waals surface area contributed by atoms with E-state index in [9.17, 15) is 35.3 Å².